The van der Waals surface area contributed by atoms with Gasteiger partial charge in [-0.05, 0) is 54.2 Å². The van der Waals surface area contributed by atoms with Gasteiger partial charge < -0.3 is 9.47 Å². The molecule has 0 saturated heterocycles. The lowest BCUT2D eigenvalue weighted by Gasteiger charge is -2.15. The number of thiophene rings is 1. The van der Waals surface area contributed by atoms with Gasteiger partial charge in [-0.1, -0.05) is 11.6 Å². The molecule has 0 spiro atoms. The van der Waals surface area contributed by atoms with E-state index in [-0.39, 0.29) is 10.1 Å². The van der Waals surface area contributed by atoms with Crippen LogP contribution in [0.4, 0.5) is 0 Å². The van der Waals surface area contributed by atoms with E-state index in [1.807, 2.05) is 12.1 Å². The monoisotopic (exact) mass is 387 g/mol. The summed E-state index contributed by atoms with van der Waals surface area (Å²) in [6, 6.07) is 7.03. The third-order valence-corrected chi connectivity index (χ3v) is 7.33. The van der Waals surface area contributed by atoms with Gasteiger partial charge in [0.25, 0.3) is 0 Å². The van der Waals surface area contributed by atoms with Crippen molar-refractivity contribution in [2.24, 2.45) is 0 Å². The van der Waals surface area contributed by atoms with Crippen molar-refractivity contribution in [1.29, 1.82) is 0 Å². The topological polar surface area (TPSA) is 64.6 Å². The summed E-state index contributed by atoms with van der Waals surface area (Å²) in [4.78, 5) is 0. The maximum absolute atomic E-state index is 12.3. The third kappa shape index (κ3) is 3.39. The molecule has 130 valence electrons. The number of fused-ring (bicyclic) bond motifs is 1. The van der Waals surface area contributed by atoms with Gasteiger partial charge in [-0.25, -0.2) is 13.1 Å². The molecule has 1 aromatic heterocycles. The highest BCUT2D eigenvalue weighted by molar-refractivity contribution is 7.91. The average molecular weight is 388 g/mol. The Hall–Kier alpha value is -1.28. The Morgan fingerprint density at radius 1 is 1.25 bits per heavy atom. The molecular weight excluding hydrogens is 370 g/mol. The molecule has 3 rings (SSSR count). The normalized spacial score (nSPS) is 16.9. The predicted octanol–water partition coefficient (Wildman–Crippen LogP) is 3.43. The standard InChI is InChI=1S/C16H18ClNO4S2/c1-21-13-7-10-3-4-11(12(10)8-14(13)22-2)9-18-24(19,20)16-6-5-15(17)23-16/h5-8,11,18H,3-4,9H2,1-2H3. The lowest BCUT2D eigenvalue weighted by Crippen LogP contribution is -2.27. The second kappa shape index (κ2) is 6.92. The molecule has 1 N–H and O–H groups in total. The average Bonchev–Trinajstić information content (AvgIpc) is 3.18. The SMILES string of the molecule is COc1cc2c(cc1OC)C(CNS(=O)(=O)c1ccc(Cl)s1)CC2. The fourth-order valence-electron chi connectivity index (χ4n) is 2.95. The molecule has 1 aromatic carbocycles. The van der Waals surface area contributed by atoms with Crippen LogP contribution in [0.25, 0.3) is 0 Å². The van der Waals surface area contributed by atoms with Gasteiger partial charge in [0.15, 0.2) is 11.5 Å². The zero-order chi connectivity index (χ0) is 17.3. The number of halogens is 1. The molecule has 5 nitrogen and oxygen atoms in total. The van der Waals surface area contributed by atoms with Crippen molar-refractivity contribution < 1.29 is 17.9 Å². The van der Waals surface area contributed by atoms with E-state index >= 15 is 0 Å². The number of aryl methyl sites for hydroxylation is 1. The van der Waals surface area contributed by atoms with Gasteiger partial charge in [-0.2, -0.15) is 0 Å². The molecule has 0 aliphatic heterocycles. The van der Waals surface area contributed by atoms with Crippen molar-refractivity contribution in [3.63, 3.8) is 0 Å². The second-order valence-electron chi connectivity index (χ2n) is 5.55. The Kier molecular flexibility index (Phi) is 5.05. The molecular formula is C16H18ClNO4S2. The first-order chi connectivity index (χ1) is 11.4. The molecule has 0 radical (unpaired) electrons. The molecule has 1 aliphatic carbocycles. The summed E-state index contributed by atoms with van der Waals surface area (Å²) in [7, 11) is -0.327. The summed E-state index contributed by atoms with van der Waals surface area (Å²) in [5, 5.41) is 0. The van der Waals surface area contributed by atoms with E-state index in [1.165, 1.54) is 11.6 Å². The fraction of sp³-hybridized carbons (Fsp3) is 0.375. The van der Waals surface area contributed by atoms with Crippen molar-refractivity contribution in [3.05, 3.63) is 39.7 Å². The van der Waals surface area contributed by atoms with Crippen molar-refractivity contribution in [3.8, 4) is 11.5 Å². The van der Waals surface area contributed by atoms with Crippen LogP contribution in [0.2, 0.25) is 4.34 Å². The van der Waals surface area contributed by atoms with Crippen LogP contribution in [-0.2, 0) is 16.4 Å². The minimum Gasteiger partial charge on any atom is -0.493 e. The molecule has 24 heavy (non-hydrogen) atoms. The van der Waals surface area contributed by atoms with Crippen molar-refractivity contribution in [2.75, 3.05) is 20.8 Å². The van der Waals surface area contributed by atoms with Gasteiger partial charge in [0.05, 0.1) is 18.6 Å². The number of sulfonamides is 1. The van der Waals surface area contributed by atoms with E-state index in [0.717, 1.165) is 29.7 Å². The predicted molar refractivity (Wildman–Crippen MR) is 95.1 cm³/mol. The van der Waals surface area contributed by atoms with E-state index in [1.54, 1.807) is 20.3 Å². The molecule has 0 saturated carbocycles. The highest BCUT2D eigenvalue weighted by Gasteiger charge is 2.27. The number of methoxy groups -OCH3 is 2. The van der Waals surface area contributed by atoms with Crippen LogP contribution in [0.5, 0.6) is 11.5 Å². The van der Waals surface area contributed by atoms with Crippen LogP contribution in [0.1, 0.15) is 23.5 Å². The summed E-state index contributed by atoms with van der Waals surface area (Å²) in [5.74, 6) is 1.48. The van der Waals surface area contributed by atoms with Gasteiger partial charge in [-0.3, -0.25) is 0 Å². The van der Waals surface area contributed by atoms with E-state index in [9.17, 15) is 8.42 Å². The van der Waals surface area contributed by atoms with Crippen LogP contribution >= 0.6 is 22.9 Å². The number of nitrogens with one attached hydrogen (secondary N) is 1. The Morgan fingerprint density at radius 2 is 1.96 bits per heavy atom. The zero-order valence-corrected chi connectivity index (χ0v) is 15.7. The first kappa shape index (κ1) is 17.5. The molecule has 1 atom stereocenters. The summed E-state index contributed by atoms with van der Waals surface area (Å²) in [6.07, 6.45) is 1.78. The first-order valence-corrected chi connectivity index (χ1v) is 10.1. The van der Waals surface area contributed by atoms with Crippen molar-refractivity contribution in [2.45, 2.75) is 23.0 Å². The van der Waals surface area contributed by atoms with Gasteiger partial charge in [0.1, 0.15) is 4.21 Å². The van der Waals surface area contributed by atoms with Gasteiger partial charge in [0, 0.05) is 6.54 Å². The van der Waals surface area contributed by atoms with E-state index in [2.05, 4.69) is 4.72 Å². The Balaban J connectivity index is 1.77. The molecule has 2 aromatic rings. The lowest BCUT2D eigenvalue weighted by molar-refractivity contribution is 0.354. The lowest BCUT2D eigenvalue weighted by atomic mass is 10.0. The Morgan fingerprint density at radius 3 is 2.58 bits per heavy atom. The number of ether oxygens (including phenoxy) is 2. The smallest absolute Gasteiger partial charge is 0.250 e. The summed E-state index contributed by atoms with van der Waals surface area (Å²) >= 11 is 6.88. The van der Waals surface area contributed by atoms with Crippen molar-refractivity contribution >= 4 is 33.0 Å². The maximum atomic E-state index is 12.3. The molecule has 8 heteroatoms. The maximum Gasteiger partial charge on any atom is 0.250 e. The molecule has 0 bridgehead atoms. The fourth-order valence-corrected chi connectivity index (χ4v) is 5.56. The van der Waals surface area contributed by atoms with Crippen LogP contribution in [0.3, 0.4) is 0 Å². The van der Waals surface area contributed by atoms with Crippen LogP contribution in [-0.4, -0.2) is 29.2 Å². The number of hydrogen-bond acceptors (Lipinski definition) is 5. The Bertz CT molecular complexity index is 848. The Labute approximate surface area is 150 Å². The molecule has 0 amide bonds. The minimum atomic E-state index is -3.53. The van der Waals surface area contributed by atoms with Crippen LogP contribution in [0, 0.1) is 0 Å². The van der Waals surface area contributed by atoms with Gasteiger partial charge >= 0.3 is 0 Å². The summed E-state index contributed by atoms with van der Waals surface area (Å²) in [5.41, 5.74) is 2.29. The van der Waals surface area contributed by atoms with Crippen LogP contribution < -0.4 is 14.2 Å². The highest BCUT2D eigenvalue weighted by atomic mass is 35.5. The molecule has 0 fully saturated rings. The quantitative estimate of drug-likeness (QED) is 0.824. The number of hydrogen-bond donors (Lipinski definition) is 1. The number of rotatable bonds is 6. The molecule has 1 unspecified atom stereocenters. The largest absolute Gasteiger partial charge is 0.493 e. The van der Waals surface area contributed by atoms with Crippen LogP contribution in [0.15, 0.2) is 28.5 Å². The number of benzene rings is 1. The zero-order valence-electron chi connectivity index (χ0n) is 13.3. The van der Waals surface area contributed by atoms with E-state index < -0.39 is 10.0 Å². The summed E-state index contributed by atoms with van der Waals surface area (Å²) in [6.45, 7) is 0.348. The van der Waals surface area contributed by atoms with Crippen molar-refractivity contribution in [1.82, 2.24) is 4.72 Å². The summed E-state index contributed by atoms with van der Waals surface area (Å²) < 4.78 is 38.7. The van der Waals surface area contributed by atoms with E-state index in [4.69, 9.17) is 21.1 Å². The van der Waals surface area contributed by atoms with E-state index in [0.29, 0.717) is 22.4 Å². The van der Waals surface area contributed by atoms with Gasteiger partial charge in [-0.15, -0.1) is 11.3 Å². The highest BCUT2D eigenvalue weighted by Crippen LogP contribution is 2.40. The first-order valence-electron chi connectivity index (χ1n) is 7.44. The minimum absolute atomic E-state index is 0.116. The second-order valence-corrected chi connectivity index (χ2v) is 9.26. The molecule has 1 heterocycles. The third-order valence-electron chi connectivity index (χ3n) is 4.18. The molecule has 1 aliphatic rings. The van der Waals surface area contributed by atoms with Gasteiger partial charge in [0.2, 0.25) is 10.0 Å².